The molecule has 2 aliphatic rings. The number of amides is 3. The van der Waals surface area contributed by atoms with Gasteiger partial charge in [-0.3, -0.25) is 24.0 Å². The zero-order chi connectivity index (χ0) is 23.9. The number of carbonyl (C=O) groups excluding carboxylic acids is 3. The first-order valence-corrected chi connectivity index (χ1v) is 11.3. The molecule has 9 nitrogen and oxygen atoms in total. The van der Waals surface area contributed by atoms with Crippen LogP contribution in [-0.4, -0.2) is 50.6 Å². The van der Waals surface area contributed by atoms with E-state index >= 15 is 0 Å². The van der Waals surface area contributed by atoms with Crippen molar-refractivity contribution >= 4 is 35.0 Å². The molecule has 3 amide bonds. The van der Waals surface area contributed by atoms with Crippen LogP contribution < -0.4 is 11.0 Å². The Kier molecular flexibility index (Phi) is 5.90. The number of aromatic nitrogens is 2. The minimum atomic E-state index is -0.694. The topological polar surface area (TPSA) is 103 Å². The van der Waals surface area contributed by atoms with E-state index in [1.807, 2.05) is 39.0 Å². The van der Waals surface area contributed by atoms with E-state index in [9.17, 15) is 19.2 Å². The fourth-order valence-electron chi connectivity index (χ4n) is 4.38. The van der Waals surface area contributed by atoms with Gasteiger partial charge in [-0.2, -0.15) is 0 Å². The third-order valence-corrected chi connectivity index (χ3v) is 6.06. The monoisotopic (exact) mass is 454 g/mol. The van der Waals surface area contributed by atoms with Gasteiger partial charge in [0.05, 0.1) is 11.0 Å². The Hall–Kier alpha value is -3.36. The molecule has 0 bridgehead atoms. The first-order chi connectivity index (χ1) is 15.5. The van der Waals surface area contributed by atoms with E-state index in [2.05, 4.69) is 11.4 Å². The zero-order valence-electron chi connectivity index (χ0n) is 19.5. The van der Waals surface area contributed by atoms with Gasteiger partial charge >= 0.3 is 11.8 Å². The number of imidazole rings is 1. The van der Waals surface area contributed by atoms with Crippen molar-refractivity contribution in [2.45, 2.75) is 58.1 Å². The lowest BCUT2D eigenvalue weighted by molar-refractivity contribution is -0.135. The number of piperidine rings is 2. The average molecular weight is 455 g/mol. The van der Waals surface area contributed by atoms with Gasteiger partial charge in [0.25, 0.3) is 0 Å². The standard InChI is InChI=1S/C24H30N4O5/c1-24(2,3)33-23(32)27-11-9-15(10-12-27)13-16-5-6-17-19(14-16)26(4)22(31)28(17)18-7-8-20(29)25-21(18)30/h5-6,13-14,18H,7-12H2,1-4H3,(H,25,29,30). The lowest BCUT2D eigenvalue weighted by Gasteiger charge is -2.31. The smallest absolute Gasteiger partial charge is 0.410 e. The Balaban J connectivity index is 1.54. The molecule has 0 spiro atoms. The minimum Gasteiger partial charge on any atom is -0.444 e. The van der Waals surface area contributed by atoms with Crippen LogP contribution in [0.5, 0.6) is 0 Å². The summed E-state index contributed by atoms with van der Waals surface area (Å²) in [6, 6.07) is 5.02. The SMILES string of the molecule is Cn1c(=O)n(C2CCC(=O)NC2=O)c2ccc(C=C3CCN(C(=O)OC(C)(C)C)CC3)cc21. The van der Waals surface area contributed by atoms with Crippen molar-refractivity contribution in [1.82, 2.24) is 19.4 Å². The summed E-state index contributed by atoms with van der Waals surface area (Å²) in [4.78, 5) is 50.8. The van der Waals surface area contributed by atoms with Gasteiger partial charge in [-0.15, -0.1) is 0 Å². The van der Waals surface area contributed by atoms with Crippen LogP contribution in [0.25, 0.3) is 17.1 Å². The maximum Gasteiger partial charge on any atom is 0.410 e. The third-order valence-electron chi connectivity index (χ3n) is 6.06. The summed E-state index contributed by atoms with van der Waals surface area (Å²) in [5.74, 6) is -0.750. The Morgan fingerprint density at radius 3 is 2.42 bits per heavy atom. The normalized spacial score (nSPS) is 19.6. The van der Waals surface area contributed by atoms with E-state index in [1.54, 1.807) is 11.9 Å². The number of hydrogen-bond acceptors (Lipinski definition) is 5. The number of rotatable bonds is 2. The summed E-state index contributed by atoms with van der Waals surface area (Å²) in [5.41, 5.74) is 2.78. The molecule has 1 atom stereocenters. The lowest BCUT2D eigenvalue weighted by atomic mass is 10.0. The van der Waals surface area contributed by atoms with E-state index in [1.165, 1.54) is 14.7 Å². The van der Waals surface area contributed by atoms with E-state index in [-0.39, 0.29) is 24.1 Å². The number of aryl methyl sites for hydroxylation is 1. The molecule has 2 saturated heterocycles. The molecule has 1 aromatic heterocycles. The maximum atomic E-state index is 12.9. The molecule has 4 rings (SSSR count). The van der Waals surface area contributed by atoms with E-state index in [0.29, 0.717) is 25.0 Å². The summed E-state index contributed by atoms with van der Waals surface area (Å²) in [6.07, 6.45) is 3.85. The third kappa shape index (κ3) is 4.72. The van der Waals surface area contributed by atoms with Gasteiger partial charge in [0.15, 0.2) is 0 Å². The number of carbonyl (C=O) groups is 3. The van der Waals surface area contributed by atoms with Gasteiger partial charge in [0, 0.05) is 26.6 Å². The number of nitrogens with zero attached hydrogens (tertiary/aromatic N) is 3. The Labute approximate surface area is 192 Å². The Morgan fingerprint density at radius 2 is 1.79 bits per heavy atom. The van der Waals surface area contributed by atoms with Crippen molar-refractivity contribution in [2.75, 3.05) is 13.1 Å². The number of ether oxygens (including phenoxy) is 1. The molecule has 0 radical (unpaired) electrons. The lowest BCUT2D eigenvalue weighted by Crippen LogP contribution is -2.44. The number of benzene rings is 1. The second kappa shape index (κ2) is 8.53. The van der Waals surface area contributed by atoms with Crippen molar-refractivity contribution in [3.8, 4) is 0 Å². The van der Waals surface area contributed by atoms with Gasteiger partial charge in [0.2, 0.25) is 11.8 Å². The van der Waals surface area contributed by atoms with Crippen molar-refractivity contribution in [3.63, 3.8) is 0 Å². The van der Waals surface area contributed by atoms with Gasteiger partial charge in [-0.1, -0.05) is 17.7 Å². The first-order valence-electron chi connectivity index (χ1n) is 11.3. The molecule has 1 aromatic carbocycles. The fourth-order valence-corrected chi connectivity index (χ4v) is 4.38. The molecular weight excluding hydrogens is 424 g/mol. The van der Waals surface area contributed by atoms with Crippen molar-refractivity contribution in [3.05, 3.63) is 39.8 Å². The van der Waals surface area contributed by atoms with Crippen LogP contribution in [0.15, 0.2) is 28.6 Å². The largest absolute Gasteiger partial charge is 0.444 e. The van der Waals surface area contributed by atoms with E-state index < -0.39 is 17.6 Å². The number of hydrogen-bond donors (Lipinski definition) is 1. The van der Waals surface area contributed by atoms with E-state index in [0.717, 1.165) is 23.9 Å². The number of likely N-dealkylation sites (tertiary alicyclic amines) is 1. The van der Waals surface area contributed by atoms with Crippen LogP contribution in [0.4, 0.5) is 4.79 Å². The molecule has 1 N–H and O–H groups in total. The van der Waals surface area contributed by atoms with Gasteiger partial charge < -0.3 is 9.64 Å². The quantitative estimate of drug-likeness (QED) is 0.703. The highest BCUT2D eigenvalue weighted by Gasteiger charge is 2.31. The van der Waals surface area contributed by atoms with Crippen LogP contribution in [0, 0.1) is 0 Å². The van der Waals surface area contributed by atoms with Gasteiger partial charge in [-0.25, -0.2) is 9.59 Å². The predicted molar refractivity (Wildman–Crippen MR) is 124 cm³/mol. The molecule has 1 unspecified atom stereocenters. The molecule has 33 heavy (non-hydrogen) atoms. The highest BCUT2D eigenvalue weighted by atomic mass is 16.6. The van der Waals surface area contributed by atoms with Gasteiger partial charge in [-0.05, 0) is 57.7 Å². The average Bonchev–Trinajstić information content (AvgIpc) is 2.98. The van der Waals surface area contributed by atoms with Crippen LogP contribution in [0.3, 0.4) is 0 Å². The summed E-state index contributed by atoms with van der Waals surface area (Å²) in [6.45, 7) is 6.78. The van der Waals surface area contributed by atoms with Crippen LogP contribution in [-0.2, 0) is 21.4 Å². The number of imide groups is 1. The summed E-state index contributed by atoms with van der Waals surface area (Å²) >= 11 is 0. The van der Waals surface area contributed by atoms with Crippen LogP contribution in [0.2, 0.25) is 0 Å². The highest BCUT2D eigenvalue weighted by Crippen LogP contribution is 2.26. The molecule has 176 valence electrons. The summed E-state index contributed by atoms with van der Waals surface area (Å²) < 4.78 is 8.47. The first kappa shape index (κ1) is 22.8. The van der Waals surface area contributed by atoms with Crippen LogP contribution in [0.1, 0.15) is 58.1 Å². The van der Waals surface area contributed by atoms with E-state index in [4.69, 9.17) is 4.74 Å². The molecule has 2 fully saturated rings. The fraction of sp³-hybridized carbons (Fsp3) is 0.500. The highest BCUT2D eigenvalue weighted by molar-refractivity contribution is 6.00. The number of fused-ring (bicyclic) bond motifs is 1. The van der Waals surface area contributed by atoms with Crippen molar-refractivity contribution in [1.29, 1.82) is 0 Å². The zero-order valence-corrected chi connectivity index (χ0v) is 19.5. The molecule has 2 aromatic rings. The molecular formula is C24H30N4O5. The van der Waals surface area contributed by atoms with Crippen molar-refractivity contribution < 1.29 is 19.1 Å². The maximum absolute atomic E-state index is 12.9. The molecule has 2 aliphatic heterocycles. The number of nitrogens with one attached hydrogen (secondary N) is 1. The van der Waals surface area contributed by atoms with Crippen molar-refractivity contribution in [2.24, 2.45) is 7.05 Å². The summed E-state index contributed by atoms with van der Waals surface area (Å²) in [7, 11) is 1.68. The minimum absolute atomic E-state index is 0.212. The molecule has 0 aliphatic carbocycles. The molecule has 3 heterocycles. The predicted octanol–water partition coefficient (Wildman–Crippen LogP) is 2.73. The van der Waals surface area contributed by atoms with Crippen LogP contribution >= 0.6 is 0 Å². The Morgan fingerprint density at radius 1 is 1.09 bits per heavy atom. The van der Waals surface area contributed by atoms with Gasteiger partial charge in [0.1, 0.15) is 11.6 Å². The Bertz CT molecular complexity index is 1200. The second-order valence-electron chi connectivity index (χ2n) is 9.70. The second-order valence-corrected chi connectivity index (χ2v) is 9.70. The summed E-state index contributed by atoms with van der Waals surface area (Å²) in [5, 5.41) is 2.33. The molecule has 9 heteroatoms. The molecule has 0 saturated carbocycles.